The van der Waals surface area contributed by atoms with Crippen LogP contribution in [0, 0.1) is 6.92 Å². The molecule has 0 N–H and O–H groups in total. The minimum Gasteiger partial charge on any atom is -0.298 e. The van der Waals surface area contributed by atoms with Crippen molar-refractivity contribution in [2.75, 3.05) is 0 Å². The quantitative estimate of drug-likeness (QED) is 0.764. The Morgan fingerprint density at radius 2 is 2.00 bits per heavy atom. The molecule has 0 saturated heterocycles. The highest BCUT2D eigenvalue weighted by atomic mass is 79.9. The molecule has 0 aromatic heterocycles. The summed E-state index contributed by atoms with van der Waals surface area (Å²) < 4.78 is 24.9. The van der Waals surface area contributed by atoms with Gasteiger partial charge in [-0.3, -0.25) is 4.79 Å². The van der Waals surface area contributed by atoms with E-state index in [-0.39, 0.29) is 11.3 Å². The highest BCUT2D eigenvalue weighted by molar-refractivity contribution is 9.09. The number of rotatable bonds is 3. The van der Waals surface area contributed by atoms with Crippen molar-refractivity contribution in [3.63, 3.8) is 0 Å². The maximum atomic E-state index is 12.4. The molecule has 1 rings (SSSR count). The lowest BCUT2D eigenvalue weighted by Crippen LogP contribution is -2.04. The molecule has 82 valence electrons. The largest absolute Gasteiger partial charge is 0.298 e. The molecule has 0 bridgehead atoms. The maximum Gasteiger partial charge on any atom is 0.263 e. The van der Waals surface area contributed by atoms with Gasteiger partial charge in [-0.2, -0.15) is 0 Å². The van der Waals surface area contributed by atoms with E-state index in [1.807, 2.05) is 0 Å². The molecule has 0 aliphatic rings. The van der Waals surface area contributed by atoms with Gasteiger partial charge in [0, 0.05) is 5.56 Å². The summed E-state index contributed by atoms with van der Waals surface area (Å²) in [5.41, 5.74) is 1.39. The Kier molecular flexibility index (Phi) is 3.97. The number of carbonyl (C=O) groups excluding carboxylic acids is 1. The summed E-state index contributed by atoms with van der Waals surface area (Å²) in [6, 6.07) is 4.36. The van der Waals surface area contributed by atoms with Crippen molar-refractivity contribution in [2.24, 2.45) is 0 Å². The molecule has 0 radical (unpaired) electrons. The van der Waals surface area contributed by atoms with Gasteiger partial charge in [0.25, 0.3) is 6.43 Å². The first-order chi connectivity index (χ1) is 6.93. The van der Waals surface area contributed by atoms with Gasteiger partial charge in [0.05, 0.1) is 4.83 Å². The SMILES string of the molecule is CC(=O)C(Br)c1cc(C(F)F)ccc1C. The van der Waals surface area contributed by atoms with E-state index >= 15 is 0 Å². The number of carbonyl (C=O) groups is 1. The van der Waals surface area contributed by atoms with E-state index in [1.54, 1.807) is 13.0 Å². The van der Waals surface area contributed by atoms with Gasteiger partial charge in [0.1, 0.15) is 5.78 Å². The predicted molar refractivity (Wildman–Crippen MR) is 58.5 cm³/mol. The Hall–Kier alpha value is -0.770. The number of hydrogen-bond donors (Lipinski definition) is 0. The Bertz CT molecular complexity index is 377. The van der Waals surface area contributed by atoms with Crippen LogP contribution in [0.2, 0.25) is 0 Å². The maximum absolute atomic E-state index is 12.4. The minimum absolute atomic E-state index is 0.0544. The molecule has 0 saturated carbocycles. The topological polar surface area (TPSA) is 17.1 Å². The summed E-state index contributed by atoms with van der Waals surface area (Å²) in [6.45, 7) is 3.22. The molecule has 1 aromatic carbocycles. The fourth-order valence-corrected chi connectivity index (χ4v) is 1.78. The standard InChI is InChI=1S/C11H11BrF2O/c1-6-3-4-8(11(13)14)5-9(6)10(12)7(2)15/h3-5,10-11H,1-2H3. The molecular formula is C11H11BrF2O. The number of ketones is 1. The van der Waals surface area contributed by atoms with E-state index in [0.29, 0.717) is 5.56 Å². The van der Waals surface area contributed by atoms with Crippen LogP contribution in [-0.2, 0) is 4.79 Å². The van der Waals surface area contributed by atoms with Crippen molar-refractivity contribution in [2.45, 2.75) is 25.1 Å². The van der Waals surface area contributed by atoms with E-state index in [1.165, 1.54) is 19.1 Å². The molecular weight excluding hydrogens is 266 g/mol. The van der Waals surface area contributed by atoms with Crippen LogP contribution in [0.5, 0.6) is 0 Å². The van der Waals surface area contributed by atoms with Crippen molar-refractivity contribution in [3.8, 4) is 0 Å². The summed E-state index contributed by atoms with van der Waals surface area (Å²) >= 11 is 3.19. The first kappa shape index (κ1) is 12.3. The van der Waals surface area contributed by atoms with Crippen LogP contribution in [0.15, 0.2) is 18.2 Å². The normalized spacial score (nSPS) is 12.9. The first-order valence-electron chi connectivity index (χ1n) is 4.46. The molecule has 4 heteroatoms. The molecule has 0 spiro atoms. The third-order valence-electron chi connectivity index (χ3n) is 2.19. The van der Waals surface area contributed by atoms with Crippen LogP contribution in [0.3, 0.4) is 0 Å². The van der Waals surface area contributed by atoms with E-state index in [2.05, 4.69) is 15.9 Å². The van der Waals surface area contributed by atoms with E-state index < -0.39 is 11.3 Å². The molecule has 1 atom stereocenters. The van der Waals surface area contributed by atoms with Gasteiger partial charge in [0.15, 0.2) is 0 Å². The van der Waals surface area contributed by atoms with E-state index in [9.17, 15) is 13.6 Å². The Morgan fingerprint density at radius 1 is 1.40 bits per heavy atom. The second-order valence-corrected chi connectivity index (χ2v) is 4.31. The summed E-state index contributed by atoms with van der Waals surface area (Å²) in [4.78, 5) is 10.6. The average Bonchev–Trinajstić information content (AvgIpc) is 2.16. The zero-order valence-corrected chi connectivity index (χ0v) is 10.0. The summed E-state index contributed by atoms with van der Waals surface area (Å²) in [7, 11) is 0. The van der Waals surface area contributed by atoms with E-state index in [4.69, 9.17) is 0 Å². The fourth-order valence-electron chi connectivity index (χ4n) is 1.29. The molecule has 0 aliphatic carbocycles. The van der Waals surface area contributed by atoms with Gasteiger partial charge in [-0.1, -0.05) is 28.1 Å². The smallest absolute Gasteiger partial charge is 0.263 e. The van der Waals surface area contributed by atoms with Crippen molar-refractivity contribution in [1.29, 1.82) is 0 Å². The van der Waals surface area contributed by atoms with Crippen molar-refractivity contribution < 1.29 is 13.6 Å². The van der Waals surface area contributed by atoms with E-state index in [0.717, 1.165) is 5.56 Å². The lowest BCUT2D eigenvalue weighted by molar-refractivity contribution is -0.116. The van der Waals surface area contributed by atoms with Gasteiger partial charge >= 0.3 is 0 Å². The number of hydrogen-bond acceptors (Lipinski definition) is 1. The number of alkyl halides is 3. The number of Topliss-reactive ketones (excluding diaryl/α,β-unsaturated/α-hetero) is 1. The first-order valence-corrected chi connectivity index (χ1v) is 5.38. The zero-order chi connectivity index (χ0) is 11.6. The fraction of sp³-hybridized carbons (Fsp3) is 0.364. The predicted octanol–water partition coefficient (Wildman–Crippen LogP) is 3.96. The minimum atomic E-state index is -2.50. The van der Waals surface area contributed by atoms with Gasteiger partial charge in [-0.05, 0) is 31.0 Å². The Balaban J connectivity index is 3.16. The van der Waals surface area contributed by atoms with Crippen molar-refractivity contribution in [1.82, 2.24) is 0 Å². The highest BCUT2D eigenvalue weighted by Gasteiger charge is 2.17. The summed E-state index contributed by atoms with van der Waals surface area (Å²) in [6.07, 6.45) is -2.50. The second kappa shape index (κ2) is 4.84. The third kappa shape index (κ3) is 2.84. The summed E-state index contributed by atoms with van der Waals surface area (Å²) in [5, 5.41) is 0. The highest BCUT2D eigenvalue weighted by Crippen LogP contribution is 2.30. The van der Waals surface area contributed by atoms with Crippen LogP contribution in [0.4, 0.5) is 8.78 Å². The zero-order valence-electron chi connectivity index (χ0n) is 8.43. The summed E-state index contributed by atoms with van der Waals surface area (Å²) in [5.74, 6) is -0.0930. The van der Waals surface area contributed by atoms with Gasteiger partial charge < -0.3 is 0 Å². The molecule has 0 amide bonds. The Morgan fingerprint density at radius 3 is 2.47 bits per heavy atom. The van der Waals surface area contributed by atoms with Crippen LogP contribution in [-0.4, -0.2) is 5.78 Å². The molecule has 0 heterocycles. The third-order valence-corrected chi connectivity index (χ3v) is 3.32. The molecule has 1 aromatic rings. The molecule has 1 unspecified atom stereocenters. The number of benzene rings is 1. The molecule has 0 aliphatic heterocycles. The molecule has 15 heavy (non-hydrogen) atoms. The van der Waals surface area contributed by atoms with Crippen LogP contribution in [0.25, 0.3) is 0 Å². The Labute approximate surface area is 95.6 Å². The molecule has 1 nitrogen and oxygen atoms in total. The van der Waals surface area contributed by atoms with Gasteiger partial charge in [-0.25, -0.2) is 8.78 Å². The lowest BCUT2D eigenvalue weighted by Gasteiger charge is -2.11. The average molecular weight is 277 g/mol. The monoisotopic (exact) mass is 276 g/mol. The van der Waals surface area contributed by atoms with Crippen LogP contribution < -0.4 is 0 Å². The second-order valence-electron chi connectivity index (χ2n) is 3.39. The lowest BCUT2D eigenvalue weighted by atomic mass is 10.0. The molecule has 0 fully saturated rings. The van der Waals surface area contributed by atoms with Crippen molar-refractivity contribution >= 4 is 21.7 Å². The van der Waals surface area contributed by atoms with Crippen molar-refractivity contribution in [3.05, 3.63) is 34.9 Å². The van der Waals surface area contributed by atoms with Gasteiger partial charge in [0.2, 0.25) is 0 Å². The van der Waals surface area contributed by atoms with Gasteiger partial charge in [-0.15, -0.1) is 0 Å². The number of aryl methyl sites for hydroxylation is 1. The number of halogens is 3. The van der Waals surface area contributed by atoms with Crippen LogP contribution >= 0.6 is 15.9 Å². The van der Waals surface area contributed by atoms with Crippen LogP contribution in [0.1, 0.15) is 34.9 Å².